The monoisotopic (exact) mass is 247 g/mol. The van der Waals surface area contributed by atoms with Crippen LogP contribution in [0.25, 0.3) is 0 Å². The van der Waals surface area contributed by atoms with Crippen molar-refractivity contribution in [3.63, 3.8) is 0 Å². The molecule has 1 aromatic carbocycles. The third-order valence-corrected chi connectivity index (χ3v) is 3.45. The van der Waals surface area contributed by atoms with E-state index in [0.717, 1.165) is 18.8 Å². The Kier molecular flexibility index (Phi) is 3.99. The summed E-state index contributed by atoms with van der Waals surface area (Å²) in [6.07, 6.45) is 0. The summed E-state index contributed by atoms with van der Waals surface area (Å²) in [4.78, 5) is 14.0. The van der Waals surface area contributed by atoms with E-state index in [1.807, 2.05) is 31.2 Å². The zero-order valence-electron chi connectivity index (χ0n) is 11.0. The number of nitrogens with zero attached hydrogens (tertiary/aromatic N) is 1. The van der Waals surface area contributed by atoms with E-state index in [9.17, 15) is 4.79 Å². The van der Waals surface area contributed by atoms with E-state index < -0.39 is 0 Å². The summed E-state index contributed by atoms with van der Waals surface area (Å²) in [6, 6.07) is 8.02. The molecule has 1 saturated heterocycles. The minimum Gasteiger partial charge on any atom is -0.326 e. The van der Waals surface area contributed by atoms with Gasteiger partial charge < -0.3 is 11.1 Å². The topological polar surface area (TPSA) is 58.4 Å². The predicted molar refractivity (Wildman–Crippen MR) is 73.4 cm³/mol. The first-order valence-electron chi connectivity index (χ1n) is 6.39. The summed E-state index contributed by atoms with van der Waals surface area (Å²) in [5.74, 6) is 0.498. The second kappa shape index (κ2) is 5.50. The van der Waals surface area contributed by atoms with Crippen molar-refractivity contribution in [1.82, 2.24) is 4.90 Å². The normalized spacial score (nSPS) is 24.2. The first kappa shape index (κ1) is 13.1. The van der Waals surface area contributed by atoms with Crippen LogP contribution in [-0.4, -0.2) is 36.5 Å². The molecule has 0 spiro atoms. The Morgan fingerprint density at radius 3 is 2.61 bits per heavy atom. The number of rotatable bonds is 3. The van der Waals surface area contributed by atoms with Crippen LogP contribution in [0.3, 0.4) is 0 Å². The number of nitrogens with two attached hydrogens (primary N) is 1. The van der Waals surface area contributed by atoms with Gasteiger partial charge in [0, 0.05) is 24.8 Å². The molecule has 2 atom stereocenters. The van der Waals surface area contributed by atoms with Crippen LogP contribution < -0.4 is 11.1 Å². The van der Waals surface area contributed by atoms with E-state index in [2.05, 4.69) is 17.1 Å². The van der Waals surface area contributed by atoms with E-state index in [4.69, 9.17) is 5.73 Å². The molecule has 0 aromatic heterocycles. The summed E-state index contributed by atoms with van der Waals surface area (Å²) in [6.45, 7) is 6.29. The molecule has 4 heteroatoms. The van der Waals surface area contributed by atoms with Gasteiger partial charge in [0.2, 0.25) is 5.91 Å². The van der Waals surface area contributed by atoms with Crippen LogP contribution in [0.1, 0.15) is 12.5 Å². The maximum absolute atomic E-state index is 11.9. The molecule has 18 heavy (non-hydrogen) atoms. The van der Waals surface area contributed by atoms with Crippen LogP contribution in [0.2, 0.25) is 0 Å². The molecule has 1 fully saturated rings. The molecule has 1 aliphatic heterocycles. The fourth-order valence-electron chi connectivity index (χ4n) is 2.26. The molecule has 0 bridgehead atoms. The van der Waals surface area contributed by atoms with Gasteiger partial charge in [-0.2, -0.15) is 0 Å². The van der Waals surface area contributed by atoms with E-state index in [-0.39, 0.29) is 11.9 Å². The van der Waals surface area contributed by atoms with Crippen molar-refractivity contribution in [3.05, 3.63) is 29.8 Å². The molecule has 4 nitrogen and oxygen atoms in total. The summed E-state index contributed by atoms with van der Waals surface area (Å²) >= 11 is 0. The van der Waals surface area contributed by atoms with Crippen LogP contribution in [-0.2, 0) is 4.79 Å². The highest BCUT2D eigenvalue weighted by Crippen LogP contribution is 2.14. The molecule has 1 amide bonds. The fourth-order valence-corrected chi connectivity index (χ4v) is 2.26. The molecule has 2 rings (SSSR count). The quantitative estimate of drug-likeness (QED) is 0.844. The largest absolute Gasteiger partial charge is 0.326 e. The maximum Gasteiger partial charge on any atom is 0.238 e. The minimum atomic E-state index is 0.0279. The number of carbonyl (C=O) groups is 1. The number of hydrogen-bond acceptors (Lipinski definition) is 3. The van der Waals surface area contributed by atoms with Crippen LogP contribution in [0.4, 0.5) is 5.69 Å². The van der Waals surface area contributed by atoms with Gasteiger partial charge in [-0.1, -0.05) is 24.6 Å². The molecule has 3 N–H and O–H groups in total. The molecule has 1 aliphatic rings. The first-order chi connectivity index (χ1) is 8.54. The first-order valence-corrected chi connectivity index (χ1v) is 6.39. The SMILES string of the molecule is Cc1ccc(NC(=O)CN2CC(C)C(N)C2)cc1. The number of amides is 1. The second-order valence-electron chi connectivity index (χ2n) is 5.25. The van der Waals surface area contributed by atoms with Gasteiger partial charge in [-0.05, 0) is 25.0 Å². The fraction of sp³-hybridized carbons (Fsp3) is 0.500. The summed E-state index contributed by atoms with van der Waals surface area (Å²) in [5, 5.41) is 2.90. The van der Waals surface area contributed by atoms with Gasteiger partial charge in [-0.3, -0.25) is 9.69 Å². The van der Waals surface area contributed by atoms with E-state index in [0.29, 0.717) is 12.5 Å². The van der Waals surface area contributed by atoms with E-state index in [1.165, 1.54) is 5.56 Å². The summed E-state index contributed by atoms with van der Waals surface area (Å²) in [5.41, 5.74) is 7.98. The molecular weight excluding hydrogens is 226 g/mol. The lowest BCUT2D eigenvalue weighted by atomic mass is 10.1. The van der Waals surface area contributed by atoms with Gasteiger partial charge in [0.15, 0.2) is 0 Å². The Balaban J connectivity index is 1.84. The highest BCUT2D eigenvalue weighted by molar-refractivity contribution is 5.92. The lowest BCUT2D eigenvalue weighted by Gasteiger charge is -2.14. The molecular formula is C14H21N3O. The Morgan fingerprint density at radius 1 is 1.39 bits per heavy atom. The second-order valence-corrected chi connectivity index (χ2v) is 5.25. The molecule has 0 aliphatic carbocycles. The van der Waals surface area contributed by atoms with Gasteiger partial charge in [-0.25, -0.2) is 0 Å². The van der Waals surface area contributed by atoms with Crippen molar-refractivity contribution in [1.29, 1.82) is 0 Å². The number of hydrogen-bond donors (Lipinski definition) is 2. The third kappa shape index (κ3) is 3.31. The van der Waals surface area contributed by atoms with Crippen molar-refractivity contribution in [2.45, 2.75) is 19.9 Å². The Morgan fingerprint density at radius 2 is 2.06 bits per heavy atom. The summed E-state index contributed by atoms with van der Waals surface area (Å²) < 4.78 is 0. The number of nitrogens with one attached hydrogen (secondary N) is 1. The highest BCUT2D eigenvalue weighted by atomic mass is 16.2. The van der Waals surface area contributed by atoms with Crippen molar-refractivity contribution in [3.8, 4) is 0 Å². The average Bonchev–Trinajstić information content (AvgIpc) is 2.61. The van der Waals surface area contributed by atoms with Crippen molar-refractivity contribution >= 4 is 11.6 Å². The molecule has 0 radical (unpaired) electrons. The smallest absolute Gasteiger partial charge is 0.238 e. The van der Waals surface area contributed by atoms with Crippen LogP contribution in [0, 0.1) is 12.8 Å². The number of carbonyl (C=O) groups excluding carboxylic acids is 1. The lowest BCUT2D eigenvalue weighted by molar-refractivity contribution is -0.117. The minimum absolute atomic E-state index is 0.0279. The van der Waals surface area contributed by atoms with Gasteiger partial charge in [-0.15, -0.1) is 0 Å². The van der Waals surface area contributed by atoms with Gasteiger partial charge in [0.05, 0.1) is 6.54 Å². The lowest BCUT2D eigenvalue weighted by Crippen LogP contribution is -2.33. The van der Waals surface area contributed by atoms with Gasteiger partial charge in [0.1, 0.15) is 0 Å². The third-order valence-electron chi connectivity index (χ3n) is 3.45. The van der Waals surface area contributed by atoms with Crippen LogP contribution >= 0.6 is 0 Å². The summed E-state index contributed by atoms with van der Waals surface area (Å²) in [7, 11) is 0. The van der Waals surface area contributed by atoms with Crippen molar-refractivity contribution < 1.29 is 4.79 Å². The standard InChI is InChI=1S/C14H21N3O/c1-10-3-5-12(6-4-10)16-14(18)9-17-7-11(2)13(15)8-17/h3-6,11,13H,7-9,15H2,1-2H3,(H,16,18). The maximum atomic E-state index is 11.9. The zero-order valence-corrected chi connectivity index (χ0v) is 11.0. The molecule has 2 unspecified atom stereocenters. The molecule has 98 valence electrons. The Hall–Kier alpha value is -1.39. The predicted octanol–water partition coefficient (Wildman–Crippen LogP) is 1.21. The van der Waals surface area contributed by atoms with Crippen LogP contribution in [0.15, 0.2) is 24.3 Å². The number of benzene rings is 1. The number of aryl methyl sites for hydroxylation is 1. The number of anilines is 1. The molecule has 1 aromatic rings. The Bertz CT molecular complexity index is 406. The Labute approximate surface area is 108 Å². The number of likely N-dealkylation sites (tertiary alicyclic amines) is 1. The van der Waals surface area contributed by atoms with Gasteiger partial charge >= 0.3 is 0 Å². The molecule has 0 saturated carbocycles. The highest BCUT2D eigenvalue weighted by Gasteiger charge is 2.27. The van der Waals surface area contributed by atoms with E-state index in [1.54, 1.807) is 0 Å². The van der Waals surface area contributed by atoms with Crippen molar-refractivity contribution in [2.75, 3.05) is 25.0 Å². The average molecular weight is 247 g/mol. The zero-order chi connectivity index (χ0) is 13.1. The van der Waals surface area contributed by atoms with Crippen molar-refractivity contribution in [2.24, 2.45) is 11.7 Å². The van der Waals surface area contributed by atoms with E-state index >= 15 is 0 Å². The molecule has 1 heterocycles. The van der Waals surface area contributed by atoms with Gasteiger partial charge in [0.25, 0.3) is 0 Å². The van der Waals surface area contributed by atoms with Crippen LogP contribution in [0.5, 0.6) is 0 Å².